The third kappa shape index (κ3) is 6.72. The lowest BCUT2D eigenvalue weighted by Gasteiger charge is -2.13. The number of hydrogen-bond donors (Lipinski definition) is 0. The first-order valence-electron chi connectivity index (χ1n) is 10.5. The molecule has 0 saturated carbocycles. The normalized spacial score (nSPS) is 12.5. The summed E-state index contributed by atoms with van der Waals surface area (Å²) in [5.74, 6) is 0.333. The Morgan fingerprint density at radius 1 is 0.970 bits per heavy atom. The predicted molar refractivity (Wildman–Crippen MR) is 122 cm³/mol. The van der Waals surface area contributed by atoms with Gasteiger partial charge in [-0.15, -0.1) is 0 Å². The molecule has 3 aromatic rings. The number of halogens is 3. The molecule has 3 nitrogen and oxygen atoms in total. The molecule has 0 aromatic heterocycles. The number of rotatable bonds is 8. The topological polar surface area (TPSA) is 35.5 Å². The van der Waals surface area contributed by atoms with Crippen molar-refractivity contribution in [1.82, 2.24) is 0 Å². The molecule has 0 spiro atoms. The van der Waals surface area contributed by atoms with Gasteiger partial charge < -0.3 is 9.47 Å². The molecule has 33 heavy (non-hydrogen) atoms. The Morgan fingerprint density at radius 2 is 1.67 bits per heavy atom. The molecule has 0 unspecified atom stereocenters. The van der Waals surface area contributed by atoms with Crippen LogP contribution in [0, 0.1) is 0 Å². The van der Waals surface area contributed by atoms with E-state index >= 15 is 0 Å². The summed E-state index contributed by atoms with van der Waals surface area (Å²) in [7, 11) is 1.37. The molecule has 3 rings (SSSR count). The van der Waals surface area contributed by atoms with Crippen LogP contribution in [0.4, 0.5) is 13.2 Å². The standard InChI is InChI=1S/C27H25F3O3/c1-3-5-22(17-26(31)32-2)21-10-14-25(15-11-21)33-18-19-6-4-7-23(16-19)20-8-12-24(13-9-20)27(28,29)30/h3-16,22H,17-18H2,1-2H3/t22-/m0/s1. The van der Waals surface area contributed by atoms with E-state index < -0.39 is 11.7 Å². The van der Waals surface area contributed by atoms with Crippen LogP contribution >= 0.6 is 0 Å². The molecule has 3 aromatic carbocycles. The van der Waals surface area contributed by atoms with Crippen LogP contribution in [-0.2, 0) is 22.3 Å². The third-order valence-corrected chi connectivity index (χ3v) is 5.23. The van der Waals surface area contributed by atoms with Crippen LogP contribution in [0.15, 0.2) is 84.9 Å². The second-order valence-electron chi connectivity index (χ2n) is 7.55. The highest BCUT2D eigenvalue weighted by Crippen LogP contribution is 2.31. The molecule has 0 amide bonds. The van der Waals surface area contributed by atoms with E-state index in [2.05, 4.69) is 0 Å². The lowest BCUT2D eigenvalue weighted by molar-refractivity contribution is -0.141. The summed E-state index contributed by atoms with van der Waals surface area (Å²) in [6, 6.07) is 20.1. The van der Waals surface area contributed by atoms with Crippen molar-refractivity contribution in [2.75, 3.05) is 7.11 Å². The lowest BCUT2D eigenvalue weighted by atomic mass is 9.95. The largest absolute Gasteiger partial charge is 0.489 e. The van der Waals surface area contributed by atoms with Gasteiger partial charge in [0.15, 0.2) is 0 Å². The van der Waals surface area contributed by atoms with Gasteiger partial charge in [-0.1, -0.05) is 54.6 Å². The van der Waals surface area contributed by atoms with Crippen molar-refractivity contribution in [1.29, 1.82) is 0 Å². The SMILES string of the molecule is CC=C[C@@H](CC(=O)OC)c1ccc(OCc2cccc(-c3ccc(C(F)(F)F)cc3)c2)cc1. The molecule has 172 valence electrons. The van der Waals surface area contributed by atoms with Gasteiger partial charge >= 0.3 is 12.1 Å². The van der Waals surface area contributed by atoms with Crippen molar-refractivity contribution in [2.45, 2.75) is 32.0 Å². The summed E-state index contributed by atoms with van der Waals surface area (Å²) in [4.78, 5) is 11.7. The Labute approximate surface area is 191 Å². The van der Waals surface area contributed by atoms with E-state index in [1.54, 1.807) is 0 Å². The fourth-order valence-corrected chi connectivity index (χ4v) is 3.46. The third-order valence-electron chi connectivity index (χ3n) is 5.23. The Kier molecular flexibility index (Phi) is 7.93. The maximum absolute atomic E-state index is 12.8. The Morgan fingerprint density at radius 3 is 2.27 bits per heavy atom. The molecule has 0 heterocycles. The van der Waals surface area contributed by atoms with E-state index in [1.807, 2.05) is 67.6 Å². The zero-order chi connectivity index (χ0) is 23.8. The number of ether oxygens (including phenoxy) is 2. The molecule has 6 heteroatoms. The highest BCUT2D eigenvalue weighted by atomic mass is 19.4. The van der Waals surface area contributed by atoms with Crippen LogP contribution in [0.1, 0.15) is 36.0 Å². The molecule has 0 radical (unpaired) electrons. The summed E-state index contributed by atoms with van der Waals surface area (Å²) in [5.41, 5.74) is 2.73. The average molecular weight is 454 g/mol. The molecule has 0 aliphatic rings. The first kappa shape index (κ1) is 24.1. The van der Waals surface area contributed by atoms with Crippen LogP contribution in [0.2, 0.25) is 0 Å². The van der Waals surface area contributed by atoms with E-state index in [9.17, 15) is 18.0 Å². The van der Waals surface area contributed by atoms with Gasteiger partial charge in [0, 0.05) is 5.92 Å². The van der Waals surface area contributed by atoms with Gasteiger partial charge in [-0.05, 0) is 59.5 Å². The monoisotopic (exact) mass is 454 g/mol. The van der Waals surface area contributed by atoms with Crippen molar-refractivity contribution < 1.29 is 27.4 Å². The molecule has 0 bridgehead atoms. The number of esters is 1. The molecule has 0 aliphatic carbocycles. The van der Waals surface area contributed by atoms with Crippen LogP contribution < -0.4 is 4.74 Å². The first-order valence-corrected chi connectivity index (χ1v) is 10.5. The lowest BCUT2D eigenvalue weighted by Crippen LogP contribution is -2.07. The van der Waals surface area contributed by atoms with Crippen molar-refractivity contribution in [3.05, 3.63) is 102 Å². The molecule has 0 saturated heterocycles. The van der Waals surface area contributed by atoms with Crippen molar-refractivity contribution >= 4 is 5.97 Å². The van der Waals surface area contributed by atoms with Crippen LogP contribution in [0.3, 0.4) is 0 Å². The van der Waals surface area contributed by atoms with E-state index in [0.717, 1.165) is 28.8 Å². The number of alkyl halides is 3. The predicted octanol–water partition coefficient (Wildman–Crippen LogP) is 7.17. The average Bonchev–Trinajstić information content (AvgIpc) is 2.82. The number of carbonyl (C=O) groups is 1. The van der Waals surface area contributed by atoms with E-state index in [4.69, 9.17) is 9.47 Å². The number of benzene rings is 3. The highest BCUT2D eigenvalue weighted by Gasteiger charge is 2.29. The quantitative estimate of drug-likeness (QED) is 0.267. The summed E-state index contributed by atoms with van der Waals surface area (Å²) in [6.45, 7) is 2.22. The van der Waals surface area contributed by atoms with Gasteiger partial charge in [0.1, 0.15) is 12.4 Å². The van der Waals surface area contributed by atoms with Gasteiger partial charge in [0.2, 0.25) is 0 Å². The fraction of sp³-hybridized carbons (Fsp3) is 0.222. The van der Waals surface area contributed by atoms with Crippen LogP contribution in [0.25, 0.3) is 11.1 Å². The van der Waals surface area contributed by atoms with Gasteiger partial charge in [0.25, 0.3) is 0 Å². The molecule has 1 atom stereocenters. The molecule has 0 aliphatic heterocycles. The number of allylic oxidation sites excluding steroid dienone is 2. The highest BCUT2D eigenvalue weighted by molar-refractivity contribution is 5.70. The van der Waals surface area contributed by atoms with Crippen molar-refractivity contribution in [3.8, 4) is 16.9 Å². The van der Waals surface area contributed by atoms with E-state index in [-0.39, 0.29) is 18.3 Å². The number of carbonyl (C=O) groups excluding carboxylic acids is 1. The molecular weight excluding hydrogens is 429 g/mol. The van der Waals surface area contributed by atoms with Crippen LogP contribution in [-0.4, -0.2) is 13.1 Å². The summed E-state index contributed by atoms with van der Waals surface area (Å²) < 4.78 is 49.0. The van der Waals surface area contributed by atoms with Crippen LogP contribution in [0.5, 0.6) is 5.75 Å². The minimum Gasteiger partial charge on any atom is -0.489 e. The fourth-order valence-electron chi connectivity index (χ4n) is 3.46. The maximum atomic E-state index is 12.8. The summed E-state index contributed by atoms with van der Waals surface area (Å²) in [6.07, 6.45) is -0.227. The van der Waals surface area contributed by atoms with E-state index in [1.165, 1.54) is 19.2 Å². The second-order valence-corrected chi connectivity index (χ2v) is 7.55. The first-order chi connectivity index (χ1) is 15.8. The summed E-state index contributed by atoms with van der Waals surface area (Å²) in [5, 5.41) is 0. The minimum absolute atomic E-state index is 0.0723. The molecule has 0 fully saturated rings. The molecule has 0 N–H and O–H groups in total. The zero-order valence-electron chi connectivity index (χ0n) is 18.4. The Hall–Kier alpha value is -3.54. The zero-order valence-corrected chi connectivity index (χ0v) is 18.4. The van der Waals surface area contributed by atoms with Gasteiger partial charge in [-0.2, -0.15) is 13.2 Å². The minimum atomic E-state index is -4.35. The Bertz CT molecular complexity index is 1080. The number of methoxy groups -OCH3 is 1. The van der Waals surface area contributed by atoms with Gasteiger partial charge in [-0.3, -0.25) is 4.79 Å². The molecular formula is C27H25F3O3. The van der Waals surface area contributed by atoms with Crippen molar-refractivity contribution in [2.24, 2.45) is 0 Å². The smallest absolute Gasteiger partial charge is 0.416 e. The second kappa shape index (κ2) is 10.9. The van der Waals surface area contributed by atoms with Gasteiger partial charge in [-0.25, -0.2) is 0 Å². The van der Waals surface area contributed by atoms with Crippen molar-refractivity contribution in [3.63, 3.8) is 0 Å². The number of hydrogen-bond acceptors (Lipinski definition) is 3. The van der Waals surface area contributed by atoms with E-state index in [0.29, 0.717) is 17.9 Å². The summed E-state index contributed by atoms with van der Waals surface area (Å²) >= 11 is 0. The maximum Gasteiger partial charge on any atom is 0.416 e. The van der Waals surface area contributed by atoms with Gasteiger partial charge in [0.05, 0.1) is 19.1 Å². The Balaban J connectivity index is 1.66.